The quantitative estimate of drug-likeness (QED) is 0.225. The van der Waals surface area contributed by atoms with E-state index in [9.17, 15) is 13.2 Å². The minimum Gasteiger partial charge on any atom is -0.406 e. The van der Waals surface area contributed by atoms with Crippen LogP contribution < -0.4 is 4.74 Å². The normalized spacial score (nSPS) is 12.0. The average molecular weight is 581 g/mol. The maximum absolute atomic E-state index is 12.4. The second-order valence-corrected chi connectivity index (χ2v) is 12.9. The minimum atomic E-state index is -4.70. The Morgan fingerprint density at radius 2 is 1.10 bits per heavy atom. The zero-order chi connectivity index (χ0) is 30.6. The van der Waals surface area contributed by atoms with Crippen LogP contribution in [0.1, 0.15) is 64.1 Å². The van der Waals surface area contributed by atoms with Crippen molar-refractivity contribution in [1.82, 2.24) is 9.97 Å². The van der Waals surface area contributed by atoms with E-state index in [0.29, 0.717) is 11.3 Å². The summed E-state index contributed by atoms with van der Waals surface area (Å²) in [5.74, 6) is -0.240. The second kappa shape index (κ2) is 12.7. The van der Waals surface area contributed by atoms with Crippen molar-refractivity contribution >= 4 is 11.8 Å². The Morgan fingerprint density at radius 3 is 1.54 bits per heavy atom. The molecular weight excluding hydrogens is 541 g/mol. The van der Waals surface area contributed by atoms with Gasteiger partial charge in [0.05, 0.1) is 11.4 Å². The van der Waals surface area contributed by atoms with E-state index in [-0.39, 0.29) is 16.6 Å². The number of halogens is 3. The molecule has 0 aliphatic rings. The second-order valence-electron chi connectivity index (χ2n) is 12.0. The van der Waals surface area contributed by atoms with E-state index in [1.807, 2.05) is 39.8 Å². The largest absolute Gasteiger partial charge is 0.573 e. The summed E-state index contributed by atoms with van der Waals surface area (Å²) in [4.78, 5) is 10.7. The molecule has 0 N–H and O–H groups in total. The first-order valence-electron chi connectivity index (χ1n) is 13.4. The van der Waals surface area contributed by atoms with Gasteiger partial charge in [-0.25, -0.2) is 0 Å². The number of aromatic nitrogens is 2. The molecule has 7 heteroatoms. The van der Waals surface area contributed by atoms with Crippen molar-refractivity contribution < 1.29 is 17.9 Å². The topological polar surface area (TPSA) is 35.0 Å². The third kappa shape index (κ3) is 9.09. The molecule has 0 bridgehead atoms. The molecule has 2 aromatic carbocycles. The zero-order valence-electron chi connectivity index (χ0n) is 25.3. The fraction of sp³-hybridized carbons (Fsp3) is 0.353. The molecule has 0 radical (unpaired) electrons. The van der Waals surface area contributed by atoms with Crippen molar-refractivity contribution in [2.45, 2.75) is 77.5 Å². The third-order valence-corrected chi connectivity index (χ3v) is 7.20. The van der Waals surface area contributed by atoms with Gasteiger partial charge in [-0.1, -0.05) is 65.8 Å². The highest BCUT2D eigenvalue weighted by atomic mass is 32.2. The van der Waals surface area contributed by atoms with Crippen LogP contribution in [0, 0.1) is 13.8 Å². The molecule has 0 spiro atoms. The van der Waals surface area contributed by atoms with Crippen molar-refractivity contribution in [1.29, 1.82) is 0 Å². The number of hydrogen-bond donors (Lipinski definition) is 0. The van der Waals surface area contributed by atoms with Gasteiger partial charge in [0.2, 0.25) is 0 Å². The van der Waals surface area contributed by atoms with Crippen LogP contribution in [0.2, 0.25) is 0 Å². The van der Waals surface area contributed by atoms with Gasteiger partial charge in [0.15, 0.2) is 0 Å². The van der Waals surface area contributed by atoms with E-state index in [1.54, 1.807) is 23.9 Å². The van der Waals surface area contributed by atoms with Crippen LogP contribution in [0.3, 0.4) is 0 Å². The van der Waals surface area contributed by atoms with E-state index in [2.05, 4.69) is 80.1 Å². The summed E-state index contributed by atoms with van der Waals surface area (Å²) in [7, 11) is 0. The predicted molar refractivity (Wildman–Crippen MR) is 165 cm³/mol. The van der Waals surface area contributed by atoms with E-state index in [0.717, 1.165) is 22.6 Å². The molecule has 4 aromatic rings. The predicted octanol–water partition coefficient (Wildman–Crippen LogP) is 10.3. The fourth-order valence-corrected chi connectivity index (χ4v) is 4.52. The molecule has 4 rings (SSSR count). The SMILES string of the molecule is CSc1ccc(C)c(-c2cccc(C(C)(C)C)n2)c1.Cc1ccc(OC(F)(F)F)cc1-c1cccc(C(C)(C)C)n1. The first-order valence-corrected chi connectivity index (χ1v) is 14.7. The molecular formula is C34H39F3N2OS. The van der Waals surface area contributed by atoms with Crippen molar-refractivity contribution in [2.75, 3.05) is 6.26 Å². The molecule has 0 aliphatic heterocycles. The lowest BCUT2D eigenvalue weighted by Crippen LogP contribution is -2.17. The standard InChI is InChI=1S/C17H18F3NO.C17H21NS/c1-11-8-9-12(22-17(18,19)20)10-13(11)14-6-5-7-15(21-14)16(2,3)4;1-12-9-10-13(19-5)11-14(12)15-7-6-8-16(18-15)17(2,3)4/h5-10H,1-4H3;6-11H,1-5H3. The molecule has 2 aromatic heterocycles. The highest BCUT2D eigenvalue weighted by Crippen LogP contribution is 2.32. The molecule has 218 valence electrons. The van der Waals surface area contributed by atoms with Gasteiger partial charge in [-0.15, -0.1) is 24.9 Å². The van der Waals surface area contributed by atoms with Gasteiger partial charge >= 0.3 is 6.36 Å². The van der Waals surface area contributed by atoms with Crippen molar-refractivity contribution in [3.05, 3.63) is 95.3 Å². The highest BCUT2D eigenvalue weighted by Gasteiger charge is 2.31. The fourth-order valence-electron chi connectivity index (χ4n) is 4.08. The summed E-state index contributed by atoms with van der Waals surface area (Å²) in [5.41, 5.74) is 7.66. The minimum absolute atomic E-state index is 0.0844. The monoisotopic (exact) mass is 580 g/mol. The summed E-state index contributed by atoms with van der Waals surface area (Å²) in [6, 6.07) is 22.7. The van der Waals surface area contributed by atoms with Gasteiger partial charge in [-0.05, 0) is 79.8 Å². The van der Waals surface area contributed by atoms with Crippen LogP contribution >= 0.6 is 11.8 Å². The Kier molecular flexibility index (Phi) is 9.96. The molecule has 41 heavy (non-hydrogen) atoms. The summed E-state index contributed by atoms with van der Waals surface area (Å²) >= 11 is 1.77. The number of alkyl halides is 3. The highest BCUT2D eigenvalue weighted by molar-refractivity contribution is 7.98. The van der Waals surface area contributed by atoms with Crippen LogP contribution in [0.25, 0.3) is 22.5 Å². The first kappa shape index (κ1) is 32.2. The van der Waals surface area contributed by atoms with Crippen molar-refractivity contribution in [2.24, 2.45) is 0 Å². The number of hydrogen-bond acceptors (Lipinski definition) is 4. The molecule has 0 unspecified atom stereocenters. The molecule has 2 heterocycles. The van der Waals surface area contributed by atoms with Crippen molar-refractivity contribution in [3.63, 3.8) is 0 Å². The van der Waals surface area contributed by atoms with Crippen molar-refractivity contribution in [3.8, 4) is 28.3 Å². The van der Waals surface area contributed by atoms with Crippen LogP contribution in [-0.2, 0) is 10.8 Å². The molecule has 0 saturated carbocycles. The van der Waals surface area contributed by atoms with Crippen LogP contribution in [0.4, 0.5) is 13.2 Å². The summed E-state index contributed by atoms with van der Waals surface area (Å²) in [6.07, 6.45) is -2.60. The molecule has 0 fully saturated rings. The van der Waals surface area contributed by atoms with E-state index < -0.39 is 6.36 Å². The van der Waals surface area contributed by atoms with Gasteiger partial charge < -0.3 is 4.74 Å². The molecule has 0 atom stereocenters. The van der Waals surface area contributed by atoms with E-state index in [1.165, 1.54) is 28.2 Å². The average Bonchev–Trinajstić information content (AvgIpc) is 2.89. The Hall–Kier alpha value is -3.32. The van der Waals surface area contributed by atoms with Crippen LogP contribution in [0.15, 0.2) is 77.7 Å². The van der Waals surface area contributed by atoms with Gasteiger partial charge in [0.25, 0.3) is 0 Å². The lowest BCUT2D eigenvalue weighted by molar-refractivity contribution is -0.274. The number of rotatable bonds is 4. The Labute approximate surface area is 246 Å². The maximum atomic E-state index is 12.4. The van der Waals surface area contributed by atoms with Gasteiger partial charge in [-0.3, -0.25) is 9.97 Å². The number of ether oxygens (including phenoxy) is 1. The number of pyridine rings is 2. The molecule has 0 saturated heterocycles. The van der Waals surface area contributed by atoms with Gasteiger partial charge in [0, 0.05) is 38.2 Å². The summed E-state index contributed by atoms with van der Waals surface area (Å²) < 4.78 is 41.1. The zero-order valence-corrected chi connectivity index (χ0v) is 26.1. The Morgan fingerprint density at radius 1 is 0.634 bits per heavy atom. The third-order valence-electron chi connectivity index (χ3n) is 6.47. The smallest absolute Gasteiger partial charge is 0.406 e. The number of benzene rings is 2. The molecule has 3 nitrogen and oxygen atoms in total. The molecule has 0 aliphatic carbocycles. The number of nitrogens with zero attached hydrogens (tertiary/aromatic N) is 2. The number of thioether (sulfide) groups is 1. The first-order chi connectivity index (χ1) is 19.0. The molecule has 0 amide bonds. The lowest BCUT2D eigenvalue weighted by atomic mass is 9.91. The van der Waals surface area contributed by atoms with Crippen LogP contribution in [-0.4, -0.2) is 22.6 Å². The summed E-state index contributed by atoms with van der Waals surface area (Å²) in [6.45, 7) is 16.7. The van der Waals surface area contributed by atoms with Gasteiger partial charge in [-0.2, -0.15) is 0 Å². The Balaban J connectivity index is 0.000000228. The van der Waals surface area contributed by atoms with Crippen LogP contribution in [0.5, 0.6) is 5.75 Å². The maximum Gasteiger partial charge on any atom is 0.573 e. The van der Waals surface area contributed by atoms with Gasteiger partial charge in [0.1, 0.15) is 5.75 Å². The lowest BCUT2D eigenvalue weighted by Gasteiger charge is -2.19. The van der Waals surface area contributed by atoms with E-state index in [4.69, 9.17) is 4.98 Å². The summed E-state index contributed by atoms with van der Waals surface area (Å²) in [5, 5.41) is 0. The van der Waals surface area contributed by atoms with E-state index >= 15 is 0 Å². The number of aryl methyl sites for hydroxylation is 2. The Bertz CT molecular complexity index is 1480.